The van der Waals surface area contributed by atoms with Gasteiger partial charge in [0.1, 0.15) is 0 Å². The summed E-state index contributed by atoms with van der Waals surface area (Å²) in [4.78, 5) is 16.3. The molecule has 2 aromatic carbocycles. The Morgan fingerprint density at radius 3 is 2.38 bits per heavy atom. The van der Waals surface area contributed by atoms with E-state index in [0.717, 1.165) is 16.7 Å². The number of carbonyl (C=O) groups excluding carboxylic acids is 1. The van der Waals surface area contributed by atoms with E-state index in [1.165, 1.54) is 0 Å². The minimum absolute atomic E-state index is 0.248. The van der Waals surface area contributed by atoms with Gasteiger partial charge in [0.05, 0.1) is 14.2 Å². The molecule has 0 N–H and O–H groups in total. The van der Waals surface area contributed by atoms with Gasteiger partial charge in [0.15, 0.2) is 17.2 Å². The van der Waals surface area contributed by atoms with Crippen LogP contribution in [0.3, 0.4) is 0 Å². The van der Waals surface area contributed by atoms with Gasteiger partial charge in [-0.2, -0.15) is 0 Å². The molecule has 0 saturated carbocycles. The lowest BCUT2D eigenvalue weighted by atomic mass is 10.1. The first-order valence-corrected chi connectivity index (χ1v) is 7.42. The van der Waals surface area contributed by atoms with Crippen LogP contribution in [-0.2, 0) is 9.53 Å². The SMILES string of the molecule is COc1ccc(/C=C2/N=C(c3ccc(C)cc3)OC2=O)cc1OC. The third-order valence-corrected chi connectivity index (χ3v) is 3.63. The van der Waals surface area contributed by atoms with Crippen LogP contribution in [-0.4, -0.2) is 26.1 Å². The van der Waals surface area contributed by atoms with Gasteiger partial charge in [-0.3, -0.25) is 0 Å². The smallest absolute Gasteiger partial charge is 0.363 e. The Bertz CT molecular complexity index is 835. The van der Waals surface area contributed by atoms with Crippen molar-refractivity contribution in [3.8, 4) is 11.5 Å². The van der Waals surface area contributed by atoms with Crippen LogP contribution in [0.1, 0.15) is 16.7 Å². The van der Waals surface area contributed by atoms with Gasteiger partial charge in [0.2, 0.25) is 5.90 Å². The Labute approximate surface area is 140 Å². The van der Waals surface area contributed by atoms with E-state index in [1.807, 2.05) is 37.3 Å². The van der Waals surface area contributed by atoms with Gasteiger partial charge in [0, 0.05) is 5.56 Å². The Morgan fingerprint density at radius 2 is 1.71 bits per heavy atom. The topological polar surface area (TPSA) is 57.1 Å². The maximum absolute atomic E-state index is 12.0. The first kappa shape index (κ1) is 15.8. The molecule has 0 saturated heterocycles. The molecule has 0 amide bonds. The molecule has 5 nitrogen and oxygen atoms in total. The van der Waals surface area contributed by atoms with Crippen LogP contribution in [0.2, 0.25) is 0 Å². The normalized spacial score (nSPS) is 15.2. The van der Waals surface area contributed by atoms with Crippen molar-refractivity contribution in [3.63, 3.8) is 0 Å². The van der Waals surface area contributed by atoms with Crippen LogP contribution in [0.15, 0.2) is 53.2 Å². The minimum atomic E-state index is -0.472. The molecule has 122 valence electrons. The van der Waals surface area contributed by atoms with Crippen molar-refractivity contribution in [2.45, 2.75) is 6.92 Å². The first-order chi connectivity index (χ1) is 11.6. The summed E-state index contributed by atoms with van der Waals surface area (Å²) < 4.78 is 15.7. The van der Waals surface area contributed by atoms with Gasteiger partial charge in [-0.25, -0.2) is 9.79 Å². The number of aliphatic imine (C=N–C) groups is 1. The van der Waals surface area contributed by atoms with Crippen molar-refractivity contribution < 1.29 is 19.0 Å². The predicted octanol–water partition coefficient (Wildman–Crippen LogP) is 3.36. The van der Waals surface area contributed by atoms with E-state index in [0.29, 0.717) is 17.4 Å². The number of esters is 1. The largest absolute Gasteiger partial charge is 0.493 e. The lowest BCUT2D eigenvalue weighted by Gasteiger charge is -2.07. The third-order valence-electron chi connectivity index (χ3n) is 3.63. The van der Waals surface area contributed by atoms with Crippen molar-refractivity contribution >= 4 is 17.9 Å². The zero-order chi connectivity index (χ0) is 17.1. The standard InChI is InChI=1S/C19H17NO4/c1-12-4-7-14(8-5-12)18-20-15(19(21)24-18)10-13-6-9-16(22-2)17(11-13)23-3/h4-11H,1-3H3/b15-10+. The van der Waals surface area contributed by atoms with Crippen molar-refractivity contribution in [3.05, 3.63) is 64.9 Å². The summed E-state index contributed by atoms with van der Waals surface area (Å²) in [5, 5.41) is 0. The van der Waals surface area contributed by atoms with Gasteiger partial charge >= 0.3 is 5.97 Å². The van der Waals surface area contributed by atoms with Gasteiger partial charge in [0.25, 0.3) is 0 Å². The summed E-state index contributed by atoms with van der Waals surface area (Å²) in [6.07, 6.45) is 1.66. The number of cyclic esters (lactones) is 1. The lowest BCUT2D eigenvalue weighted by molar-refractivity contribution is -0.129. The molecule has 5 heteroatoms. The van der Waals surface area contributed by atoms with Gasteiger partial charge in [-0.05, 0) is 42.8 Å². The molecular weight excluding hydrogens is 306 g/mol. The number of hydrogen-bond acceptors (Lipinski definition) is 5. The zero-order valence-corrected chi connectivity index (χ0v) is 13.7. The average Bonchev–Trinajstić information content (AvgIpc) is 2.96. The molecule has 0 fully saturated rings. The molecule has 2 aromatic rings. The Morgan fingerprint density at radius 1 is 1.00 bits per heavy atom. The highest BCUT2D eigenvalue weighted by Crippen LogP contribution is 2.29. The van der Waals surface area contributed by atoms with Gasteiger partial charge in [-0.15, -0.1) is 0 Å². The van der Waals surface area contributed by atoms with Crippen molar-refractivity contribution in [2.75, 3.05) is 14.2 Å². The number of hydrogen-bond donors (Lipinski definition) is 0. The summed E-state index contributed by atoms with van der Waals surface area (Å²) in [5.74, 6) is 1.05. The highest BCUT2D eigenvalue weighted by molar-refractivity contribution is 6.12. The quantitative estimate of drug-likeness (QED) is 0.639. The second-order valence-electron chi connectivity index (χ2n) is 5.32. The first-order valence-electron chi connectivity index (χ1n) is 7.42. The Balaban J connectivity index is 1.92. The Kier molecular flexibility index (Phi) is 4.33. The monoisotopic (exact) mass is 323 g/mol. The molecule has 3 rings (SSSR count). The van der Waals surface area contributed by atoms with Crippen LogP contribution >= 0.6 is 0 Å². The van der Waals surface area contributed by atoms with E-state index in [2.05, 4.69) is 4.99 Å². The van der Waals surface area contributed by atoms with Crippen LogP contribution in [0, 0.1) is 6.92 Å². The number of nitrogens with zero attached hydrogens (tertiary/aromatic N) is 1. The summed E-state index contributed by atoms with van der Waals surface area (Å²) in [6.45, 7) is 1.99. The molecule has 0 radical (unpaired) electrons. The minimum Gasteiger partial charge on any atom is -0.493 e. The number of methoxy groups -OCH3 is 2. The van der Waals surface area contributed by atoms with Crippen LogP contribution in [0.25, 0.3) is 6.08 Å². The zero-order valence-electron chi connectivity index (χ0n) is 13.7. The number of rotatable bonds is 4. The van der Waals surface area contributed by atoms with Crippen LogP contribution in [0.4, 0.5) is 0 Å². The van der Waals surface area contributed by atoms with E-state index in [-0.39, 0.29) is 5.70 Å². The third kappa shape index (κ3) is 3.15. The van der Waals surface area contributed by atoms with E-state index >= 15 is 0 Å². The van der Waals surface area contributed by atoms with Gasteiger partial charge in [-0.1, -0.05) is 23.8 Å². The van der Waals surface area contributed by atoms with Gasteiger partial charge < -0.3 is 14.2 Å². The van der Waals surface area contributed by atoms with E-state index in [4.69, 9.17) is 14.2 Å². The highest BCUT2D eigenvalue weighted by Gasteiger charge is 2.24. The number of benzene rings is 2. The van der Waals surface area contributed by atoms with Crippen molar-refractivity contribution in [1.82, 2.24) is 0 Å². The Hall–Kier alpha value is -3.08. The molecule has 0 bridgehead atoms. The summed E-state index contributed by atoms with van der Waals surface area (Å²) in [5.41, 5.74) is 2.92. The molecule has 0 atom stereocenters. The van der Waals surface area contributed by atoms with Crippen molar-refractivity contribution in [2.24, 2.45) is 4.99 Å². The fourth-order valence-corrected chi connectivity index (χ4v) is 2.33. The lowest BCUT2D eigenvalue weighted by Crippen LogP contribution is -2.05. The molecule has 1 aliphatic rings. The molecule has 0 spiro atoms. The second-order valence-corrected chi connectivity index (χ2v) is 5.32. The van der Waals surface area contributed by atoms with E-state index in [9.17, 15) is 4.79 Å². The molecule has 1 heterocycles. The molecule has 0 aromatic heterocycles. The molecular formula is C19H17NO4. The maximum Gasteiger partial charge on any atom is 0.363 e. The number of carbonyl (C=O) groups is 1. The number of aryl methyl sites for hydroxylation is 1. The van der Waals surface area contributed by atoms with E-state index in [1.54, 1.807) is 32.4 Å². The van der Waals surface area contributed by atoms with Crippen LogP contribution < -0.4 is 9.47 Å². The fourth-order valence-electron chi connectivity index (χ4n) is 2.33. The average molecular weight is 323 g/mol. The van der Waals surface area contributed by atoms with E-state index < -0.39 is 5.97 Å². The molecule has 24 heavy (non-hydrogen) atoms. The predicted molar refractivity (Wildman–Crippen MR) is 91.3 cm³/mol. The highest BCUT2D eigenvalue weighted by atomic mass is 16.6. The molecule has 1 aliphatic heterocycles. The molecule has 0 aliphatic carbocycles. The summed E-state index contributed by atoms with van der Waals surface area (Å²) in [6, 6.07) is 13.0. The molecule has 0 unspecified atom stereocenters. The number of ether oxygens (including phenoxy) is 3. The maximum atomic E-state index is 12.0. The van der Waals surface area contributed by atoms with Crippen molar-refractivity contribution in [1.29, 1.82) is 0 Å². The summed E-state index contributed by atoms with van der Waals surface area (Å²) >= 11 is 0. The fraction of sp³-hybridized carbons (Fsp3) is 0.158. The van der Waals surface area contributed by atoms with Crippen LogP contribution in [0.5, 0.6) is 11.5 Å². The summed E-state index contributed by atoms with van der Waals surface area (Å²) in [7, 11) is 3.13. The second kappa shape index (κ2) is 6.58.